The van der Waals surface area contributed by atoms with Gasteiger partial charge in [0.1, 0.15) is 6.61 Å². The van der Waals surface area contributed by atoms with Crippen LogP contribution in [-0.2, 0) is 23.9 Å². The van der Waals surface area contributed by atoms with Gasteiger partial charge in [-0.3, -0.25) is 14.4 Å². The maximum Gasteiger partial charge on any atom is 0.311 e. The fourth-order valence-electron chi connectivity index (χ4n) is 7.97. The van der Waals surface area contributed by atoms with Crippen LogP contribution in [0.2, 0.25) is 0 Å². The zero-order valence-electron chi connectivity index (χ0n) is 38.7. The van der Waals surface area contributed by atoms with E-state index in [4.69, 9.17) is 9.47 Å². The van der Waals surface area contributed by atoms with E-state index in [0.717, 1.165) is 38.5 Å². The molecule has 57 heavy (non-hydrogen) atoms. The summed E-state index contributed by atoms with van der Waals surface area (Å²) in [6.07, 6.45) is 39.8. The van der Waals surface area contributed by atoms with E-state index >= 15 is 0 Å². The molecule has 1 unspecified atom stereocenters. The standard InChI is InChI=1S/C49H96N2O6/c1-7-9-11-13-15-17-19-21-23-25-27-29-31-33-35-37-45(53)50-41-44(42-56-47(55)48(3,4)43-49(5,6)57-40-39-52)51-46(54)38-36-34-32-30-28-26-24-22-20-18-16-14-12-10-8-2/h44,52H,7-43H2,1-6H3,(H,50,53)(H,51,54). The number of nitrogens with one attached hydrogen (secondary N) is 2. The van der Waals surface area contributed by atoms with Crippen molar-refractivity contribution in [2.75, 3.05) is 26.4 Å². The Kier molecular flexibility index (Phi) is 37.4. The highest BCUT2D eigenvalue weighted by atomic mass is 16.5. The molecule has 0 radical (unpaired) electrons. The van der Waals surface area contributed by atoms with Crippen LogP contribution in [0.3, 0.4) is 0 Å². The van der Waals surface area contributed by atoms with E-state index in [1.165, 1.54) is 154 Å². The lowest BCUT2D eigenvalue weighted by molar-refractivity contribution is -0.160. The molecule has 0 saturated carbocycles. The number of hydrogen-bond donors (Lipinski definition) is 3. The number of aliphatic hydroxyl groups excluding tert-OH is 1. The van der Waals surface area contributed by atoms with Crippen LogP contribution in [0.4, 0.5) is 0 Å². The van der Waals surface area contributed by atoms with E-state index in [0.29, 0.717) is 19.3 Å². The Morgan fingerprint density at radius 3 is 1.25 bits per heavy atom. The summed E-state index contributed by atoms with van der Waals surface area (Å²) in [5.41, 5.74) is -1.45. The smallest absolute Gasteiger partial charge is 0.311 e. The molecule has 2 amide bonds. The fourth-order valence-corrected chi connectivity index (χ4v) is 7.97. The van der Waals surface area contributed by atoms with Gasteiger partial charge in [0.25, 0.3) is 0 Å². The third kappa shape index (κ3) is 37.1. The predicted octanol–water partition coefficient (Wildman–Crippen LogP) is 12.9. The highest BCUT2D eigenvalue weighted by Gasteiger charge is 2.37. The van der Waals surface area contributed by atoms with E-state index in [9.17, 15) is 19.5 Å². The number of amides is 2. The second kappa shape index (κ2) is 38.5. The third-order valence-electron chi connectivity index (χ3n) is 11.3. The molecule has 0 aromatic carbocycles. The second-order valence-electron chi connectivity index (χ2n) is 18.5. The summed E-state index contributed by atoms with van der Waals surface area (Å²) in [6, 6.07) is -0.503. The van der Waals surface area contributed by atoms with Gasteiger partial charge < -0.3 is 25.2 Å². The maximum atomic E-state index is 13.2. The molecule has 0 bridgehead atoms. The normalized spacial score (nSPS) is 12.5. The molecule has 0 aromatic rings. The minimum absolute atomic E-state index is 0.00990. The van der Waals surface area contributed by atoms with Crippen molar-refractivity contribution in [3.05, 3.63) is 0 Å². The van der Waals surface area contributed by atoms with Crippen molar-refractivity contribution in [3.8, 4) is 0 Å². The zero-order valence-corrected chi connectivity index (χ0v) is 38.7. The Morgan fingerprint density at radius 1 is 0.526 bits per heavy atom. The van der Waals surface area contributed by atoms with Gasteiger partial charge in [0.05, 0.1) is 30.3 Å². The first-order valence-electron chi connectivity index (χ1n) is 24.5. The topological polar surface area (TPSA) is 114 Å². The number of hydrogen-bond acceptors (Lipinski definition) is 6. The predicted molar refractivity (Wildman–Crippen MR) is 241 cm³/mol. The van der Waals surface area contributed by atoms with E-state index < -0.39 is 17.1 Å². The SMILES string of the molecule is CCCCCCCCCCCCCCCCCC(=O)NCC(COC(=O)C(C)(C)CC(C)(C)OCCO)NC(=O)CCCCCCCCCCCCCCCCC. The van der Waals surface area contributed by atoms with Crippen molar-refractivity contribution in [1.82, 2.24) is 10.6 Å². The summed E-state index contributed by atoms with van der Waals surface area (Å²) in [5.74, 6) is -0.477. The van der Waals surface area contributed by atoms with Crippen LogP contribution in [0.25, 0.3) is 0 Å². The molecule has 0 spiro atoms. The molecule has 8 heteroatoms. The minimum atomic E-state index is -0.835. The van der Waals surface area contributed by atoms with Crippen LogP contribution in [0.1, 0.15) is 253 Å². The van der Waals surface area contributed by atoms with Gasteiger partial charge in [-0.25, -0.2) is 0 Å². The van der Waals surface area contributed by atoms with Crippen molar-refractivity contribution in [3.63, 3.8) is 0 Å². The average molecular weight is 809 g/mol. The molecular weight excluding hydrogens is 713 g/mol. The first-order valence-corrected chi connectivity index (χ1v) is 24.5. The molecule has 0 heterocycles. The van der Waals surface area contributed by atoms with Gasteiger partial charge in [-0.15, -0.1) is 0 Å². The van der Waals surface area contributed by atoms with Gasteiger partial charge in [0.2, 0.25) is 11.8 Å². The van der Waals surface area contributed by atoms with Gasteiger partial charge in [-0.05, 0) is 47.0 Å². The van der Waals surface area contributed by atoms with E-state index in [1.54, 1.807) is 0 Å². The molecule has 0 aliphatic heterocycles. The third-order valence-corrected chi connectivity index (χ3v) is 11.3. The Hall–Kier alpha value is -1.67. The number of esters is 1. The molecule has 338 valence electrons. The Morgan fingerprint density at radius 2 is 0.877 bits per heavy atom. The lowest BCUT2D eigenvalue weighted by atomic mass is 9.81. The zero-order chi connectivity index (χ0) is 42.3. The van der Waals surface area contributed by atoms with Crippen LogP contribution < -0.4 is 10.6 Å². The molecule has 0 fully saturated rings. The first kappa shape index (κ1) is 55.3. The van der Waals surface area contributed by atoms with Crippen molar-refractivity contribution >= 4 is 17.8 Å². The van der Waals surface area contributed by atoms with Crippen molar-refractivity contribution in [2.24, 2.45) is 5.41 Å². The largest absolute Gasteiger partial charge is 0.463 e. The fraction of sp³-hybridized carbons (Fsp3) is 0.939. The summed E-state index contributed by atoms with van der Waals surface area (Å²) in [4.78, 5) is 39.0. The monoisotopic (exact) mass is 809 g/mol. The van der Waals surface area contributed by atoms with Crippen LogP contribution in [0.5, 0.6) is 0 Å². The number of unbranched alkanes of at least 4 members (excludes halogenated alkanes) is 28. The molecule has 0 aliphatic carbocycles. The minimum Gasteiger partial charge on any atom is -0.463 e. The Bertz CT molecular complexity index is 939. The summed E-state index contributed by atoms with van der Waals surface area (Å²) in [6.45, 7) is 12.3. The summed E-state index contributed by atoms with van der Waals surface area (Å²) in [7, 11) is 0. The van der Waals surface area contributed by atoms with Gasteiger partial charge in [-0.2, -0.15) is 0 Å². The van der Waals surface area contributed by atoms with E-state index in [-0.39, 0.29) is 44.1 Å². The van der Waals surface area contributed by atoms with Crippen molar-refractivity contribution in [1.29, 1.82) is 0 Å². The molecule has 1 atom stereocenters. The Balaban J connectivity index is 4.52. The van der Waals surface area contributed by atoms with Crippen molar-refractivity contribution in [2.45, 2.75) is 265 Å². The lowest BCUT2D eigenvalue weighted by Crippen LogP contribution is -2.47. The highest BCUT2D eigenvalue weighted by Crippen LogP contribution is 2.31. The highest BCUT2D eigenvalue weighted by molar-refractivity contribution is 5.78. The Labute approximate surface area is 353 Å². The second-order valence-corrected chi connectivity index (χ2v) is 18.5. The quantitative estimate of drug-likeness (QED) is 0.0417. The summed E-state index contributed by atoms with van der Waals surface area (Å²) < 4.78 is 11.5. The molecule has 0 aromatic heterocycles. The van der Waals surface area contributed by atoms with E-state index in [1.807, 2.05) is 27.7 Å². The van der Waals surface area contributed by atoms with Gasteiger partial charge >= 0.3 is 5.97 Å². The molecule has 8 nitrogen and oxygen atoms in total. The summed E-state index contributed by atoms with van der Waals surface area (Å²) in [5, 5.41) is 15.2. The lowest BCUT2D eigenvalue weighted by Gasteiger charge is -2.33. The molecule has 0 saturated heterocycles. The molecular formula is C49H96N2O6. The van der Waals surface area contributed by atoms with Gasteiger partial charge in [0, 0.05) is 19.4 Å². The molecule has 0 rings (SSSR count). The first-order chi connectivity index (χ1) is 27.5. The van der Waals surface area contributed by atoms with Crippen LogP contribution in [-0.4, -0.2) is 60.9 Å². The average Bonchev–Trinajstić information content (AvgIpc) is 3.17. The van der Waals surface area contributed by atoms with Crippen LogP contribution in [0.15, 0.2) is 0 Å². The number of rotatable bonds is 43. The van der Waals surface area contributed by atoms with E-state index in [2.05, 4.69) is 24.5 Å². The number of aliphatic hydroxyl groups is 1. The maximum absolute atomic E-state index is 13.2. The van der Waals surface area contributed by atoms with Gasteiger partial charge in [-0.1, -0.05) is 194 Å². The number of carbonyl (C=O) groups is 3. The molecule has 3 N–H and O–H groups in total. The van der Waals surface area contributed by atoms with Gasteiger partial charge in [0.15, 0.2) is 0 Å². The van der Waals surface area contributed by atoms with Crippen molar-refractivity contribution < 1.29 is 29.0 Å². The summed E-state index contributed by atoms with van der Waals surface area (Å²) >= 11 is 0. The van der Waals surface area contributed by atoms with Crippen LogP contribution >= 0.6 is 0 Å². The van der Waals surface area contributed by atoms with Crippen LogP contribution in [0, 0.1) is 5.41 Å². The number of carbonyl (C=O) groups excluding carboxylic acids is 3. The number of ether oxygens (including phenoxy) is 2. The molecule has 0 aliphatic rings.